The second-order valence-electron chi connectivity index (χ2n) is 4.62. The van der Waals surface area contributed by atoms with Gasteiger partial charge in [0.25, 0.3) is 0 Å². The third-order valence-electron chi connectivity index (χ3n) is 3.01. The van der Waals surface area contributed by atoms with Gasteiger partial charge in [0.05, 0.1) is 12.2 Å². The molecule has 90 valence electrons. The predicted molar refractivity (Wildman–Crippen MR) is 68.6 cm³/mol. The largest absolute Gasteiger partial charge is 0.327 e. The molecule has 0 spiro atoms. The van der Waals surface area contributed by atoms with E-state index in [1.54, 1.807) is 11.3 Å². The molecule has 0 amide bonds. The third-order valence-corrected chi connectivity index (χ3v) is 3.89. The van der Waals surface area contributed by atoms with Crippen LogP contribution in [0.1, 0.15) is 36.9 Å². The van der Waals surface area contributed by atoms with Crippen molar-refractivity contribution in [2.75, 3.05) is 13.1 Å². The zero-order valence-corrected chi connectivity index (χ0v) is 10.8. The first kappa shape index (κ1) is 12.0. The number of aryl methyl sites for hydroxylation is 1. The lowest BCUT2D eigenvalue weighted by Crippen LogP contribution is -2.42. The summed E-state index contributed by atoms with van der Waals surface area (Å²) in [7, 11) is 0. The predicted octanol–water partition coefficient (Wildman–Crippen LogP) is 2.02. The molecule has 2 heterocycles. The maximum atomic E-state index is 5.97. The van der Waals surface area contributed by atoms with E-state index >= 15 is 0 Å². The minimum absolute atomic E-state index is 0.365. The molecule has 1 aromatic rings. The second kappa shape index (κ2) is 5.75. The van der Waals surface area contributed by atoms with Crippen LogP contribution < -0.4 is 5.73 Å². The van der Waals surface area contributed by atoms with Gasteiger partial charge in [-0.05, 0) is 25.8 Å². The van der Waals surface area contributed by atoms with Gasteiger partial charge in [-0.1, -0.05) is 13.3 Å². The Hall–Kier alpha value is -0.450. The molecule has 16 heavy (non-hydrogen) atoms. The van der Waals surface area contributed by atoms with Crippen molar-refractivity contribution in [2.24, 2.45) is 5.73 Å². The van der Waals surface area contributed by atoms with E-state index in [-0.39, 0.29) is 0 Å². The molecule has 0 aliphatic carbocycles. The Labute approximate surface area is 102 Å². The van der Waals surface area contributed by atoms with Crippen LogP contribution in [0.4, 0.5) is 0 Å². The van der Waals surface area contributed by atoms with Gasteiger partial charge in [-0.25, -0.2) is 4.98 Å². The molecule has 1 fully saturated rings. The van der Waals surface area contributed by atoms with Crippen LogP contribution in [0.2, 0.25) is 0 Å². The zero-order chi connectivity index (χ0) is 11.4. The van der Waals surface area contributed by atoms with Gasteiger partial charge in [-0.15, -0.1) is 11.3 Å². The molecule has 2 N–H and O–H groups in total. The summed E-state index contributed by atoms with van der Waals surface area (Å²) in [6.45, 7) is 5.39. The number of piperidine rings is 1. The Balaban J connectivity index is 1.87. The van der Waals surface area contributed by atoms with Crippen LogP contribution in [0.15, 0.2) is 5.38 Å². The summed E-state index contributed by atoms with van der Waals surface area (Å²) in [5.74, 6) is 0. The van der Waals surface area contributed by atoms with Gasteiger partial charge in [0.15, 0.2) is 0 Å². The SMILES string of the molecule is CCCc1csc(CN2CCCC(N)C2)n1. The Morgan fingerprint density at radius 1 is 1.62 bits per heavy atom. The highest BCUT2D eigenvalue weighted by molar-refractivity contribution is 7.09. The lowest BCUT2D eigenvalue weighted by Gasteiger charge is -2.29. The summed E-state index contributed by atoms with van der Waals surface area (Å²) >= 11 is 1.79. The highest BCUT2D eigenvalue weighted by atomic mass is 32.1. The number of likely N-dealkylation sites (tertiary alicyclic amines) is 1. The molecule has 0 radical (unpaired) electrons. The molecule has 0 aromatic carbocycles. The van der Waals surface area contributed by atoms with Crippen LogP contribution in [0.25, 0.3) is 0 Å². The van der Waals surface area contributed by atoms with Crippen molar-refractivity contribution in [3.8, 4) is 0 Å². The highest BCUT2D eigenvalue weighted by Gasteiger charge is 2.17. The summed E-state index contributed by atoms with van der Waals surface area (Å²) < 4.78 is 0. The molecule has 1 aliphatic heterocycles. The zero-order valence-electron chi connectivity index (χ0n) is 9.98. The molecule has 1 aromatic heterocycles. The number of thiazole rings is 1. The van der Waals surface area contributed by atoms with Crippen LogP contribution in [0.3, 0.4) is 0 Å². The number of hydrogen-bond acceptors (Lipinski definition) is 4. The van der Waals surface area contributed by atoms with E-state index in [1.165, 1.54) is 36.5 Å². The smallest absolute Gasteiger partial charge is 0.107 e. The fourth-order valence-electron chi connectivity index (χ4n) is 2.22. The average Bonchev–Trinajstić information content (AvgIpc) is 2.66. The molecule has 4 heteroatoms. The lowest BCUT2D eigenvalue weighted by molar-refractivity contribution is 0.201. The summed E-state index contributed by atoms with van der Waals surface area (Å²) in [6.07, 6.45) is 4.69. The summed E-state index contributed by atoms with van der Waals surface area (Å²) in [5.41, 5.74) is 7.23. The van der Waals surface area contributed by atoms with E-state index in [9.17, 15) is 0 Å². The monoisotopic (exact) mass is 239 g/mol. The standard InChI is InChI=1S/C12H21N3S/c1-2-4-11-9-16-12(14-11)8-15-6-3-5-10(13)7-15/h9-10H,2-8,13H2,1H3. The van der Waals surface area contributed by atoms with Crippen molar-refractivity contribution in [2.45, 2.75) is 45.2 Å². The molecule has 2 rings (SSSR count). The quantitative estimate of drug-likeness (QED) is 0.874. The summed E-state index contributed by atoms with van der Waals surface area (Å²) in [6, 6.07) is 0.365. The molecular weight excluding hydrogens is 218 g/mol. The summed E-state index contributed by atoms with van der Waals surface area (Å²) in [5, 5.41) is 3.44. The Morgan fingerprint density at radius 2 is 2.50 bits per heavy atom. The Bertz CT molecular complexity index is 324. The van der Waals surface area contributed by atoms with E-state index in [0.29, 0.717) is 6.04 Å². The van der Waals surface area contributed by atoms with E-state index in [2.05, 4.69) is 22.2 Å². The molecule has 3 nitrogen and oxygen atoms in total. The van der Waals surface area contributed by atoms with Crippen molar-refractivity contribution >= 4 is 11.3 Å². The third kappa shape index (κ3) is 3.27. The average molecular weight is 239 g/mol. The Kier molecular flexibility index (Phi) is 4.32. The van der Waals surface area contributed by atoms with Gasteiger partial charge >= 0.3 is 0 Å². The van der Waals surface area contributed by atoms with Gasteiger partial charge in [-0.2, -0.15) is 0 Å². The normalized spacial score (nSPS) is 22.5. The minimum Gasteiger partial charge on any atom is -0.327 e. The number of aromatic nitrogens is 1. The molecule has 1 unspecified atom stereocenters. The van der Waals surface area contributed by atoms with Crippen molar-refractivity contribution in [3.63, 3.8) is 0 Å². The van der Waals surface area contributed by atoms with Gasteiger partial charge in [0, 0.05) is 18.0 Å². The maximum Gasteiger partial charge on any atom is 0.107 e. The van der Waals surface area contributed by atoms with E-state index in [0.717, 1.165) is 19.5 Å². The molecule has 1 aliphatic rings. The number of nitrogens with two attached hydrogens (primary N) is 1. The minimum atomic E-state index is 0.365. The van der Waals surface area contributed by atoms with Crippen molar-refractivity contribution < 1.29 is 0 Å². The topological polar surface area (TPSA) is 42.1 Å². The van der Waals surface area contributed by atoms with Gasteiger partial charge < -0.3 is 5.73 Å². The fourth-order valence-corrected chi connectivity index (χ4v) is 3.09. The van der Waals surface area contributed by atoms with Gasteiger partial charge in [0.1, 0.15) is 5.01 Å². The van der Waals surface area contributed by atoms with E-state index in [4.69, 9.17) is 5.73 Å². The van der Waals surface area contributed by atoms with E-state index < -0.39 is 0 Å². The van der Waals surface area contributed by atoms with Crippen molar-refractivity contribution in [1.82, 2.24) is 9.88 Å². The van der Waals surface area contributed by atoms with Crippen molar-refractivity contribution in [1.29, 1.82) is 0 Å². The molecule has 0 bridgehead atoms. The molecule has 1 atom stereocenters. The van der Waals surface area contributed by atoms with Crippen molar-refractivity contribution in [3.05, 3.63) is 16.1 Å². The first-order valence-corrected chi connectivity index (χ1v) is 7.07. The van der Waals surface area contributed by atoms with Crippen LogP contribution in [0, 0.1) is 0 Å². The lowest BCUT2D eigenvalue weighted by atomic mass is 10.1. The fraction of sp³-hybridized carbons (Fsp3) is 0.750. The number of rotatable bonds is 4. The van der Waals surface area contributed by atoms with Crippen LogP contribution in [-0.2, 0) is 13.0 Å². The summed E-state index contributed by atoms with van der Waals surface area (Å²) in [4.78, 5) is 7.09. The first-order chi connectivity index (χ1) is 7.78. The number of nitrogens with zero attached hydrogens (tertiary/aromatic N) is 2. The molecule has 1 saturated heterocycles. The van der Waals surface area contributed by atoms with Gasteiger partial charge in [0.2, 0.25) is 0 Å². The van der Waals surface area contributed by atoms with Gasteiger partial charge in [-0.3, -0.25) is 4.90 Å². The molecule has 0 saturated carbocycles. The second-order valence-corrected chi connectivity index (χ2v) is 5.56. The van der Waals surface area contributed by atoms with Crippen LogP contribution in [0.5, 0.6) is 0 Å². The Morgan fingerprint density at radius 3 is 3.25 bits per heavy atom. The van der Waals surface area contributed by atoms with Crippen LogP contribution >= 0.6 is 11.3 Å². The number of hydrogen-bond donors (Lipinski definition) is 1. The van der Waals surface area contributed by atoms with Crippen LogP contribution in [-0.4, -0.2) is 29.0 Å². The molecular formula is C12H21N3S. The maximum absolute atomic E-state index is 5.97. The highest BCUT2D eigenvalue weighted by Crippen LogP contribution is 2.16. The van der Waals surface area contributed by atoms with E-state index in [1.807, 2.05) is 0 Å². The first-order valence-electron chi connectivity index (χ1n) is 6.19.